The minimum atomic E-state index is -5.18. The van der Waals surface area contributed by atoms with Crippen molar-refractivity contribution in [3.05, 3.63) is 75.6 Å². The average Bonchev–Trinajstić information content (AvgIpc) is 3.29. The summed E-state index contributed by atoms with van der Waals surface area (Å²) in [6.07, 6.45) is -0.533. The summed E-state index contributed by atoms with van der Waals surface area (Å²) in [5.74, 6) is 0. The number of aliphatic hydroxyl groups excluding tert-OH is 2. The zero-order chi connectivity index (χ0) is 34.0. The van der Waals surface area contributed by atoms with Gasteiger partial charge in [0.2, 0.25) is 0 Å². The first-order valence-corrected chi connectivity index (χ1v) is 18.3. The Bertz CT molecular complexity index is 1720. The van der Waals surface area contributed by atoms with Gasteiger partial charge in [0.25, 0.3) is 5.56 Å². The molecule has 1 aromatic heterocycles. The van der Waals surface area contributed by atoms with Gasteiger partial charge in [0, 0.05) is 29.9 Å². The molecule has 0 amide bonds. The summed E-state index contributed by atoms with van der Waals surface area (Å²) in [4.78, 5) is 45.0. The molecule has 16 nitrogen and oxygen atoms in total. The normalized spacial score (nSPS) is 22.0. The molecule has 0 spiro atoms. The molecule has 2 heterocycles. The van der Waals surface area contributed by atoms with Crippen LogP contribution in [0, 0.1) is 0 Å². The van der Waals surface area contributed by atoms with E-state index in [1.54, 1.807) is 0 Å². The molecule has 19 heteroatoms. The SMILES string of the molecule is O=c1ccn([C@H]2OC(COP(=O)(O)OP(=O)(O)OCCCCCCCCNC(=S)Nc3cccc4ccccc34)C(O)C2O)c(=O)[nH]1. The summed E-state index contributed by atoms with van der Waals surface area (Å²) in [5, 5.41) is 29.7. The number of hydrogen-bond donors (Lipinski definition) is 7. The fourth-order valence-electron chi connectivity index (χ4n) is 4.89. The van der Waals surface area contributed by atoms with E-state index in [-0.39, 0.29) is 6.61 Å². The molecule has 6 atom stereocenters. The number of rotatable bonds is 17. The first-order valence-electron chi connectivity index (χ1n) is 14.9. The van der Waals surface area contributed by atoms with Gasteiger partial charge in [-0.05, 0) is 36.5 Å². The zero-order valence-corrected chi connectivity index (χ0v) is 27.8. The molecular weight excluding hydrogens is 678 g/mol. The van der Waals surface area contributed by atoms with E-state index < -0.39 is 58.0 Å². The summed E-state index contributed by atoms with van der Waals surface area (Å²) in [7, 11) is -10.2. The van der Waals surface area contributed by atoms with E-state index >= 15 is 0 Å². The number of hydrogen-bond acceptors (Lipinski definition) is 11. The predicted molar refractivity (Wildman–Crippen MR) is 176 cm³/mol. The zero-order valence-electron chi connectivity index (χ0n) is 25.2. The highest BCUT2D eigenvalue weighted by Crippen LogP contribution is 2.60. The van der Waals surface area contributed by atoms with Crippen molar-refractivity contribution in [3.63, 3.8) is 0 Å². The molecule has 1 aliphatic heterocycles. The second kappa shape index (κ2) is 17.0. The minimum Gasteiger partial charge on any atom is -0.387 e. The Morgan fingerprint density at radius 2 is 1.60 bits per heavy atom. The lowest BCUT2D eigenvalue weighted by Crippen LogP contribution is -2.37. The Balaban J connectivity index is 1.06. The first kappa shape index (κ1) is 37.0. The molecule has 47 heavy (non-hydrogen) atoms. The van der Waals surface area contributed by atoms with E-state index in [0.29, 0.717) is 24.5 Å². The van der Waals surface area contributed by atoms with E-state index in [1.165, 1.54) is 0 Å². The summed E-state index contributed by atoms with van der Waals surface area (Å²) in [6, 6.07) is 15.0. The maximum Gasteiger partial charge on any atom is 0.481 e. The van der Waals surface area contributed by atoms with Crippen molar-refractivity contribution in [1.82, 2.24) is 14.9 Å². The number of nitrogens with one attached hydrogen (secondary N) is 3. The third kappa shape index (κ3) is 11.1. The number of phosphoric acid groups is 2. The summed E-state index contributed by atoms with van der Waals surface area (Å²) in [5.41, 5.74) is -0.683. The van der Waals surface area contributed by atoms with Gasteiger partial charge in [0.15, 0.2) is 11.3 Å². The number of aliphatic hydroxyl groups is 2. The van der Waals surface area contributed by atoms with E-state index in [4.69, 9.17) is 21.5 Å². The topological polar surface area (TPSA) is 231 Å². The third-order valence-corrected chi connectivity index (χ3v) is 10.1. The van der Waals surface area contributed by atoms with Crippen LogP contribution in [0.3, 0.4) is 0 Å². The number of aromatic amines is 1. The molecule has 0 aliphatic carbocycles. The fraction of sp³-hybridized carbons (Fsp3) is 0.464. The van der Waals surface area contributed by atoms with Crippen LogP contribution in [0.15, 0.2) is 64.3 Å². The monoisotopic (exact) mass is 716 g/mol. The Labute approximate surface area is 274 Å². The Morgan fingerprint density at radius 3 is 2.36 bits per heavy atom. The molecule has 1 aliphatic rings. The lowest BCUT2D eigenvalue weighted by atomic mass is 10.1. The molecule has 0 radical (unpaired) electrons. The van der Waals surface area contributed by atoms with E-state index in [1.807, 2.05) is 47.4 Å². The minimum absolute atomic E-state index is 0.213. The van der Waals surface area contributed by atoms with E-state index in [9.17, 15) is 38.7 Å². The number of nitrogens with zero attached hydrogens (tertiary/aromatic N) is 1. The van der Waals surface area contributed by atoms with Crippen molar-refractivity contribution in [2.75, 3.05) is 25.1 Å². The van der Waals surface area contributed by atoms with Crippen molar-refractivity contribution in [2.45, 2.75) is 63.1 Å². The number of anilines is 1. The van der Waals surface area contributed by atoms with Gasteiger partial charge in [-0.3, -0.25) is 23.4 Å². The molecule has 0 saturated carbocycles. The number of ether oxygens (including phenoxy) is 1. The molecule has 258 valence electrons. The van der Waals surface area contributed by atoms with Gasteiger partial charge in [0.1, 0.15) is 18.3 Å². The maximum absolute atomic E-state index is 12.3. The first-order chi connectivity index (χ1) is 22.3. The molecule has 2 aromatic carbocycles. The Morgan fingerprint density at radius 1 is 0.915 bits per heavy atom. The van der Waals surface area contributed by atoms with Gasteiger partial charge in [0.05, 0.1) is 13.2 Å². The summed E-state index contributed by atoms with van der Waals surface area (Å²) < 4.78 is 44.3. The van der Waals surface area contributed by atoms with E-state index in [0.717, 1.165) is 59.0 Å². The smallest absolute Gasteiger partial charge is 0.387 e. The lowest BCUT2D eigenvalue weighted by molar-refractivity contribution is -0.0543. The van der Waals surface area contributed by atoms with Crippen LogP contribution in [0.2, 0.25) is 0 Å². The van der Waals surface area contributed by atoms with Gasteiger partial charge in [-0.1, -0.05) is 62.1 Å². The quantitative estimate of drug-likeness (QED) is 0.0605. The number of H-pyrrole nitrogens is 1. The number of thiocarbonyl (C=S) groups is 1. The van der Waals surface area contributed by atoms with Gasteiger partial charge in [-0.15, -0.1) is 0 Å². The predicted octanol–water partition coefficient (Wildman–Crippen LogP) is 2.89. The Kier molecular flexibility index (Phi) is 13.4. The standard InChI is InChI=1S/C28H38N4O12P2S/c33-23-14-16-32(28(36)31-23)26-25(35)24(34)22(43-26)18-42-46(39,40)44-45(37,38)41-17-8-4-2-1-3-7-15-29-27(47)30-21-13-9-11-19-10-5-6-12-20(19)21/h5-6,9-14,16,22,24-26,34-35H,1-4,7-8,15,17-18H2,(H,37,38)(H,39,40)(H2,29,30,47)(H,31,33,36)/t22?,24?,25?,26-/m0/s1. The average molecular weight is 717 g/mol. The number of unbranched alkanes of at least 4 members (excludes halogenated alkanes) is 5. The molecule has 1 fully saturated rings. The van der Waals surface area contributed by atoms with Crippen LogP contribution >= 0.6 is 27.9 Å². The molecular formula is C28H38N4O12P2S. The number of benzene rings is 2. The van der Waals surface area contributed by atoms with E-state index in [2.05, 4.69) is 19.5 Å². The highest BCUT2D eigenvalue weighted by molar-refractivity contribution is 7.80. The van der Waals surface area contributed by atoms with Gasteiger partial charge in [-0.25, -0.2) is 13.9 Å². The van der Waals surface area contributed by atoms with Crippen LogP contribution < -0.4 is 21.9 Å². The van der Waals surface area contributed by atoms with Crippen molar-refractivity contribution < 1.29 is 47.2 Å². The van der Waals surface area contributed by atoms with Crippen molar-refractivity contribution in [2.24, 2.45) is 0 Å². The molecule has 5 unspecified atom stereocenters. The molecule has 3 aromatic rings. The van der Waals surface area contributed by atoms with Crippen LogP contribution in [-0.2, 0) is 27.2 Å². The molecule has 1 saturated heterocycles. The van der Waals surface area contributed by atoms with Gasteiger partial charge in [-0.2, -0.15) is 4.31 Å². The molecule has 0 bridgehead atoms. The number of phosphoric ester groups is 2. The summed E-state index contributed by atoms with van der Waals surface area (Å²) in [6.45, 7) is -0.367. The fourth-order valence-corrected chi connectivity index (χ4v) is 7.21. The number of aromatic nitrogens is 2. The largest absolute Gasteiger partial charge is 0.481 e. The second-order valence-corrected chi connectivity index (χ2v) is 14.2. The van der Waals surface area contributed by atoms with Crippen LogP contribution in [-0.4, -0.2) is 72.7 Å². The van der Waals surface area contributed by atoms with Crippen molar-refractivity contribution >= 4 is 49.4 Å². The maximum atomic E-state index is 12.3. The van der Waals surface area contributed by atoms with Crippen LogP contribution in [0.25, 0.3) is 10.8 Å². The molecule has 7 N–H and O–H groups in total. The van der Waals surface area contributed by atoms with Crippen LogP contribution in [0.1, 0.15) is 44.8 Å². The highest BCUT2D eigenvalue weighted by Gasteiger charge is 2.46. The Hall–Kier alpha value is -2.79. The second-order valence-electron chi connectivity index (χ2n) is 10.7. The highest BCUT2D eigenvalue weighted by atomic mass is 32.1. The van der Waals surface area contributed by atoms with Crippen molar-refractivity contribution in [3.8, 4) is 0 Å². The number of fused-ring (bicyclic) bond motifs is 1. The van der Waals surface area contributed by atoms with Crippen molar-refractivity contribution in [1.29, 1.82) is 0 Å². The van der Waals surface area contributed by atoms with Gasteiger partial charge >= 0.3 is 21.3 Å². The lowest BCUT2D eigenvalue weighted by Gasteiger charge is -2.19. The van der Waals surface area contributed by atoms with Crippen LogP contribution in [0.5, 0.6) is 0 Å². The third-order valence-electron chi connectivity index (χ3n) is 7.22. The summed E-state index contributed by atoms with van der Waals surface area (Å²) >= 11 is 5.41. The van der Waals surface area contributed by atoms with Crippen LogP contribution in [0.4, 0.5) is 5.69 Å². The molecule has 4 rings (SSSR count). The van der Waals surface area contributed by atoms with Gasteiger partial charge < -0.3 is 35.4 Å².